The summed E-state index contributed by atoms with van der Waals surface area (Å²) in [6.07, 6.45) is 2.18. The molecule has 0 saturated heterocycles. The molecule has 0 heterocycles. The average molecular weight is 450 g/mol. The monoisotopic (exact) mass is 449 g/mol. The highest BCUT2D eigenvalue weighted by molar-refractivity contribution is 6.53. The molecule has 0 fully saturated rings. The molecular formula is C28H32ClNO2. The first-order valence-corrected chi connectivity index (χ1v) is 11.7. The Balaban J connectivity index is 1.74. The zero-order chi connectivity index (χ0) is 22.8. The highest BCUT2D eigenvalue weighted by Crippen LogP contribution is 2.36. The van der Waals surface area contributed by atoms with E-state index >= 15 is 0 Å². The molecule has 0 unspecified atom stereocenters. The summed E-state index contributed by atoms with van der Waals surface area (Å²) in [4.78, 5) is 2.43. The number of hydrogen-bond donors (Lipinski definition) is 1. The summed E-state index contributed by atoms with van der Waals surface area (Å²) >= 11 is 6.87. The number of phenolic OH excluding ortho intramolecular Hbond substituents is 1. The molecule has 168 valence electrons. The quantitative estimate of drug-likeness (QED) is 0.251. The van der Waals surface area contributed by atoms with E-state index in [-0.39, 0.29) is 5.75 Å². The number of nitrogens with zero attached hydrogens (tertiary/aromatic N) is 1. The molecule has 32 heavy (non-hydrogen) atoms. The second kappa shape index (κ2) is 12.3. The minimum atomic E-state index is 0.230. The van der Waals surface area contributed by atoms with Gasteiger partial charge in [0.2, 0.25) is 0 Å². The van der Waals surface area contributed by atoms with Gasteiger partial charge in [-0.25, -0.2) is 0 Å². The molecule has 4 heteroatoms. The normalized spacial score (nSPS) is 12.0. The van der Waals surface area contributed by atoms with E-state index in [1.807, 2.05) is 66.7 Å². The van der Waals surface area contributed by atoms with Gasteiger partial charge < -0.3 is 14.7 Å². The molecule has 0 radical (unpaired) electrons. The maximum absolute atomic E-state index is 9.71. The van der Waals surface area contributed by atoms with Crippen molar-refractivity contribution < 1.29 is 9.84 Å². The van der Waals surface area contributed by atoms with E-state index in [4.69, 9.17) is 16.3 Å². The van der Waals surface area contributed by atoms with Gasteiger partial charge in [0.1, 0.15) is 11.5 Å². The van der Waals surface area contributed by atoms with E-state index in [0.29, 0.717) is 11.6 Å². The van der Waals surface area contributed by atoms with Crippen LogP contribution < -0.4 is 4.74 Å². The fourth-order valence-corrected chi connectivity index (χ4v) is 4.01. The largest absolute Gasteiger partial charge is 0.508 e. The first-order valence-electron chi connectivity index (χ1n) is 11.3. The number of unbranched alkanes of at least 4 members (excludes halogenated alkanes) is 1. The number of phenols is 1. The van der Waals surface area contributed by atoms with E-state index in [1.54, 1.807) is 12.1 Å². The predicted octanol–water partition coefficient (Wildman–Crippen LogP) is 7.05. The highest BCUT2D eigenvalue weighted by atomic mass is 35.5. The minimum Gasteiger partial charge on any atom is -0.508 e. The van der Waals surface area contributed by atoms with Gasteiger partial charge in [-0.05, 0) is 73.4 Å². The molecule has 0 bridgehead atoms. The van der Waals surface area contributed by atoms with Crippen LogP contribution >= 0.6 is 11.6 Å². The van der Waals surface area contributed by atoms with Crippen molar-refractivity contribution in [3.05, 3.63) is 95.6 Å². The molecule has 0 aliphatic heterocycles. The maximum Gasteiger partial charge on any atom is 0.119 e. The zero-order valence-corrected chi connectivity index (χ0v) is 19.7. The van der Waals surface area contributed by atoms with E-state index in [2.05, 4.69) is 18.7 Å². The molecule has 0 aliphatic rings. The van der Waals surface area contributed by atoms with Crippen LogP contribution in [0.4, 0.5) is 0 Å². The SMILES string of the molecule is CCN(CC)CCCCOc1ccc(/C(=C(/Cl)c2ccccc2)c2ccc(O)cc2)cc1. The Kier molecular flexibility index (Phi) is 9.21. The van der Waals surface area contributed by atoms with Crippen LogP contribution in [0, 0.1) is 0 Å². The Labute approximate surface area is 196 Å². The van der Waals surface area contributed by atoms with Crippen LogP contribution in [0.3, 0.4) is 0 Å². The van der Waals surface area contributed by atoms with E-state index in [0.717, 1.165) is 60.5 Å². The molecule has 0 atom stereocenters. The summed E-state index contributed by atoms with van der Waals surface area (Å²) in [5.74, 6) is 1.09. The van der Waals surface area contributed by atoms with Gasteiger partial charge in [0.05, 0.1) is 11.6 Å². The van der Waals surface area contributed by atoms with Crippen molar-refractivity contribution >= 4 is 22.2 Å². The molecule has 0 amide bonds. The van der Waals surface area contributed by atoms with E-state index in [9.17, 15) is 5.11 Å². The zero-order valence-electron chi connectivity index (χ0n) is 18.9. The van der Waals surface area contributed by atoms with Crippen LogP contribution in [-0.2, 0) is 0 Å². The molecular weight excluding hydrogens is 418 g/mol. The molecule has 3 rings (SSSR count). The third-order valence-corrected chi connectivity index (χ3v) is 5.98. The lowest BCUT2D eigenvalue weighted by Gasteiger charge is -2.17. The number of hydrogen-bond acceptors (Lipinski definition) is 3. The third kappa shape index (κ3) is 6.62. The number of aromatic hydroxyl groups is 1. The molecule has 0 aromatic heterocycles. The van der Waals surface area contributed by atoms with Gasteiger partial charge in [-0.15, -0.1) is 0 Å². The highest BCUT2D eigenvalue weighted by Gasteiger charge is 2.13. The first kappa shape index (κ1) is 23.9. The third-order valence-electron chi connectivity index (χ3n) is 5.58. The fourth-order valence-electron chi connectivity index (χ4n) is 3.66. The molecule has 3 nitrogen and oxygen atoms in total. The molecule has 0 saturated carbocycles. The second-order valence-electron chi connectivity index (χ2n) is 7.71. The lowest BCUT2D eigenvalue weighted by Crippen LogP contribution is -2.24. The van der Waals surface area contributed by atoms with Gasteiger partial charge in [0, 0.05) is 5.57 Å². The summed E-state index contributed by atoms with van der Waals surface area (Å²) in [5, 5.41) is 10.4. The Hall–Kier alpha value is -2.75. The van der Waals surface area contributed by atoms with Crippen molar-refractivity contribution in [1.29, 1.82) is 0 Å². The molecule has 1 N–H and O–H groups in total. The van der Waals surface area contributed by atoms with Gasteiger partial charge >= 0.3 is 0 Å². The van der Waals surface area contributed by atoms with Gasteiger partial charge in [-0.3, -0.25) is 0 Å². The van der Waals surface area contributed by atoms with Crippen LogP contribution in [0.15, 0.2) is 78.9 Å². The Bertz CT molecular complexity index is 978. The van der Waals surface area contributed by atoms with E-state index < -0.39 is 0 Å². The lowest BCUT2D eigenvalue weighted by molar-refractivity contribution is 0.266. The van der Waals surface area contributed by atoms with Crippen molar-refractivity contribution in [2.24, 2.45) is 0 Å². The number of benzene rings is 3. The minimum absolute atomic E-state index is 0.230. The van der Waals surface area contributed by atoms with Gasteiger partial charge in [0.15, 0.2) is 0 Å². The van der Waals surface area contributed by atoms with Crippen LogP contribution in [0.2, 0.25) is 0 Å². The smallest absolute Gasteiger partial charge is 0.119 e. The summed E-state index contributed by atoms with van der Waals surface area (Å²) in [6, 6.07) is 25.1. The lowest BCUT2D eigenvalue weighted by atomic mass is 9.95. The van der Waals surface area contributed by atoms with Crippen molar-refractivity contribution in [3.8, 4) is 11.5 Å². The van der Waals surface area contributed by atoms with Crippen LogP contribution in [0.1, 0.15) is 43.4 Å². The van der Waals surface area contributed by atoms with Crippen LogP contribution in [0.5, 0.6) is 11.5 Å². The summed E-state index contributed by atoms with van der Waals surface area (Å²) in [7, 11) is 0. The standard InChI is InChI=1S/C28H32ClNO2/c1-3-30(4-2)20-8-9-21-32-26-18-14-23(15-19-26)27(22-12-16-25(31)17-13-22)28(29)24-10-6-5-7-11-24/h5-7,10-19,31H,3-4,8-9,20-21H2,1-2H3/b28-27+. The summed E-state index contributed by atoms with van der Waals surface area (Å²) in [6.45, 7) is 8.43. The van der Waals surface area contributed by atoms with Crippen molar-refractivity contribution in [2.75, 3.05) is 26.2 Å². The molecule has 0 spiro atoms. The molecule has 3 aromatic rings. The number of halogens is 1. The summed E-state index contributed by atoms with van der Waals surface area (Å²) < 4.78 is 5.96. The second-order valence-corrected chi connectivity index (χ2v) is 8.09. The van der Waals surface area contributed by atoms with Crippen LogP contribution in [-0.4, -0.2) is 36.2 Å². The fraction of sp³-hybridized carbons (Fsp3) is 0.286. The van der Waals surface area contributed by atoms with Crippen molar-refractivity contribution in [2.45, 2.75) is 26.7 Å². The number of rotatable bonds is 11. The Morgan fingerprint density at radius 2 is 1.38 bits per heavy atom. The van der Waals surface area contributed by atoms with Gasteiger partial charge in [-0.2, -0.15) is 0 Å². The Morgan fingerprint density at radius 1 is 0.781 bits per heavy atom. The molecule has 3 aromatic carbocycles. The summed E-state index contributed by atoms with van der Waals surface area (Å²) in [5.41, 5.74) is 3.81. The number of ether oxygens (including phenoxy) is 1. The topological polar surface area (TPSA) is 32.7 Å². The average Bonchev–Trinajstić information content (AvgIpc) is 2.84. The van der Waals surface area contributed by atoms with E-state index in [1.165, 1.54) is 0 Å². The first-order chi connectivity index (χ1) is 15.6. The van der Waals surface area contributed by atoms with Crippen molar-refractivity contribution in [1.82, 2.24) is 4.90 Å². The van der Waals surface area contributed by atoms with Crippen LogP contribution in [0.25, 0.3) is 10.6 Å². The van der Waals surface area contributed by atoms with Gasteiger partial charge in [0.25, 0.3) is 0 Å². The Morgan fingerprint density at radius 3 is 1.97 bits per heavy atom. The maximum atomic E-state index is 9.71. The van der Waals surface area contributed by atoms with Gasteiger partial charge in [-0.1, -0.05) is 80.0 Å². The molecule has 0 aliphatic carbocycles. The van der Waals surface area contributed by atoms with Crippen molar-refractivity contribution in [3.63, 3.8) is 0 Å². The predicted molar refractivity (Wildman–Crippen MR) is 135 cm³/mol.